The molecule has 0 aromatic heterocycles. The number of ether oxygens (including phenoxy) is 1. The van der Waals surface area contributed by atoms with Crippen molar-refractivity contribution in [1.29, 1.82) is 0 Å². The van der Waals surface area contributed by atoms with E-state index >= 15 is 0 Å². The summed E-state index contributed by atoms with van der Waals surface area (Å²) in [6, 6.07) is 12.3. The largest absolute Gasteiger partial charge is 0.495 e. The lowest BCUT2D eigenvalue weighted by Crippen LogP contribution is -2.31. The van der Waals surface area contributed by atoms with Crippen molar-refractivity contribution < 1.29 is 17.9 Å². The molecule has 2 aromatic carbocycles. The van der Waals surface area contributed by atoms with Crippen LogP contribution in [0.15, 0.2) is 47.4 Å². The van der Waals surface area contributed by atoms with Crippen LogP contribution in [0.25, 0.3) is 0 Å². The van der Waals surface area contributed by atoms with E-state index in [2.05, 4.69) is 12.2 Å². The second-order valence-corrected chi connectivity index (χ2v) is 8.65. The van der Waals surface area contributed by atoms with Crippen LogP contribution in [0, 0.1) is 0 Å². The minimum absolute atomic E-state index is 0.00342. The molecule has 0 aliphatic heterocycles. The molecule has 29 heavy (non-hydrogen) atoms. The number of methoxy groups -OCH3 is 1. The number of carbonyl (C=O) groups excluding carboxylic acids is 1. The Labute approximate surface area is 173 Å². The van der Waals surface area contributed by atoms with Gasteiger partial charge in [-0.15, -0.1) is 0 Å². The van der Waals surface area contributed by atoms with Crippen LogP contribution in [0.4, 0.5) is 0 Å². The lowest BCUT2D eigenvalue weighted by atomic mass is 10.0. The van der Waals surface area contributed by atoms with E-state index in [4.69, 9.17) is 4.74 Å². The Hall–Kier alpha value is -2.38. The molecule has 0 fully saturated rings. The molecular weight excluding hydrogens is 388 g/mol. The Balaban J connectivity index is 2.31. The van der Waals surface area contributed by atoms with E-state index in [1.165, 1.54) is 29.1 Å². The molecule has 0 saturated heterocycles. The number of benzene rings is 2. The van der Waals surface area contributed by atoms with Crippen molar-refractivity contribution in [2.45, 2.75) is 45.1 Å². The second-order valence-electron chi connectivity index (χ2n) is 6.75. The van der Waals surface area contributed by atoms with E-state index in [1.807, 2.05) is 31.2 Å². The van der Waals surface area contributed by atoms with Crippen molar-refractivity contribution in [3.8, 4) is 5.75 Å². The second kappa shape index (κ2) is 9.89. The van der Waals surface area contributed by atoms with Crippen molar-refractivity contribution in [1.82, 2.24) is 9.62 Å². The fourth-order valence-electron chi connectivity index (χ4n) is 3.13. The van der Waals surface area contributed by atoms with Gasteiger partial charge < -0.3 is 10.1 Å². The molecule has 2 aromatic rings. The Morgan fingerprint density at radius 3 is 2.21 bits per heavy atom. The number of aryl methyl sites for hydroxylation is 1. The molecule has 1 N–H and O–H groups in total. The van der Waals surface area contributed by atoms with E-state index < -0.39 is 10.0 Å². The fourth-order valence-corrected chi connectivity index (χ4v) is 4.77. The first kappa shape index (κ1) is 22.9. The van der Waals surface area contributed by atoms with Gasteiger partial charge in [-0.25, -0.2) is 8.42 Å². The lowest BCUT2D eigenvalue weighted by Gasteiger charge is -2.21. The SMILES string of the molecule is CCc1ccc([C@H](C)NC(=O)c2ccc(OC)c(S(=O)(=O)N(CC)CC)c2)cc1. The average Bonchev–Trinajstić information content (AvgIpc) is 2.73. The minimum atomic E-state index is -3.76. The third kappa shape index (κ3) is 5.16. The molecular formula is C22H30N2O4S. The molecule has 158 valence electrons. The Morgan fingerprint density at radius 1 is 1.07 bits per heavy atom. The van der Waals surface area contributed by atoms with Gasteiger partial charge in [0.2, 0.25) is 10.0 Å². The molecule has 0 unspecified atom stereocenters. The van der Waals surface area contributed by atoms with Crippen LogP contribution in [-0.4, -0.2) is 38.8 Å². The fraction of sp³-hybridized carbons (Fsp3) is 0.409. The highest BCUT2D eigenvalue weighted by atomic mass is 32.2. The summed E-state index contributed by atoms with van der Waals surface area (Å²) in [5.74, 6) is -0.118. The summed E-state index contributed by atoms with van der Waals surface area (Å²) in [5.41, 5.74) is 2.49. The summed E-state index contributed by atoms with van der Waals surface area (Å²) in [5, 5.41) is 2.94. The van der Waals surface area contributed by atoms with E-state index in [0.717, 1.165) is 12.0 Å². The molecule has 1 amide bonds. The zero-order valence-corrected chi connectivity index (χ0v) is 18.5. The minimum Gasteiger partial charge on any atom is -0.495 e. The van der Waals surface area contributed by atoms with Gasteiger partial charge >= 0.3 is 0 Å². The van der Waals surface area contributed by atoms with Gasteiger partial charge in [-0.1, -0.05) is 45.0 Å². The highest BCUT2D eigenvalue weighted by Gasteiger charge is 2.27. The number of rotatable bonds is 9. The number of nitrogens with one attached hydrogen (secondary N) is 1. The Morgan fingerprint density at radius 2 is 1.69 bits per heavy atom. The van der Waals surface area contributed by atoms with Crippen LogP contribution in [0.2, 0.25) is 0 Å². The van der Waals surface area contributed by atoms with Gasteiger partial charge in [0.1, 0.15) is 10.6 Å². The van der Waals surface area contributed by atoms with Crippen LogP contribution in [0.5, 0.6) is 5.75 Å². The van der Waals surface area contributed by atoms with E-state index in [1.54, 1.807) is 19.9 Å². The maximum absolute atomic E-state index is 13.0. The number of sulfonamides is 1. The van der Waals surface area contributed by atoms with E-state index in [9.17, 15) is 13.2 Å². The molecule has 0 bridgehead atoms. The van der Waals surface area contributed by atoms with Gasteiger partial charge in [-0.05, 0) is 42.7 Å². The lowest BCUT2D eigenvalue weighted by molar-refractivity contribution is 0.0939. The zero-order valence-electron chi connectivity index (χ0n) is 17.7. The number of hydrogen-bond donors (Lipinski definition) is 1. The van der Waals surface area contributed by atoms with Crippen molar-refractivity contribution in [3.63, 3.8) is 0 Å². The highest BCUT2D eigenvalue weighted by molar-refractivity contribution is 7.89. The molecule has 6 nitrogen and oxygen atoms in total. The molecule has 0 radical (unpaired) electrons. The molecule has 2 rings (SSSR count). The van der Waals surface area contributed by atoms with Gasteiger partial charge in [0.15, 0.2) is 0 Å². The third-order valence-corrected chi connectivity index (χ3v) is 7.06. The van der Waals surface area contributed by atoms with Gasteiger partial charge in [0.25, 0.3) is 5.91 Å². The highest BCUT2D eigenvalue weighted by Crippen LogP contribution is 2.28. The maximum Gasteiger partial charge on any atom is 0.251 e. The molecule has 7 heteroatoms. The topological polar surface area (TPSA) is 75.7 Å². The van der Waals surface area contributed by atoms with E-state index in [0.29, 0.717) is 13.1 Å². The smallest absolute Gasteiger partial charge is 0.251 e. The quantitative estimate of drug-likeness (QED) is 0.672. The molecule has 0 aliphatic rings. The van der Waals surface area contributed by atoms with Gasteiger partial charge in [-0.3, -0.25) is 4.79 Å². The summed E-state index contributed by atoms with van der Waals surface area (Å²) in [6.07, 6.45) is 0.955. The van der Waals surface area contributed by atoms with Crippen LogP contribution in [0.1, 0.15) is 55.2 Å². The first-order valence-corrected chi connectivity index (χ1v) is 11.3. The van der Waals surface area contributed by atoms with Gasteiger partial charge in [0, 0.05) is 18.7 Å². The molecule has 1 atom stereocenters. The number of amides is 1. The predicted octanol–water partition coefficient (Wildman–Crippen LogP) is 3.78. The van der Waals surface area contributed by atoms with Crippen molar-refractivity contribution in [3.05, 3.63) is 59.2 Å². The summed E-state index contributed by atoms with van der Waals surface area (Å²) in [6.45, 7) is 8.21. The first-order valence-electron chi connectivity index (χ1n) is 9.86. The van der Waals surface area contributed by atoms with Crippen LogP contribution in [0.3, 0.4) is 0 Å². The van der Waals surface area contributed by atoms with Crippen molar-refractivity contribution in [2.75, 3.05) is 20.2 Å². The average molecular weight is 419 g/mol. The van der Waals surface area contributed by atoms with Crippen molar-refractivity contribution in [2.24, 2.45) is 0 Å². The molecule has 0 spiro atoms. The summed E-state index contributed by atoms with van der Waals surface area (Å²) >= 11 is 0. The first-order chi connectivity index (χ1) is 13.8. The molecule has 0 heterocycles. The monoisotopic (exact) mass is 418 g/mol. The summed E-state index contributed by atoms with van der Waals surface area (Å²) in [7, 11) is -2.34. The van der Waals surface area contributed by atoms with Gasteiger partial charge in [0.05, 0.1) is 13.2 Å². The number of nitrogens with zero attached hydrogens (tertiary/aromatic N) is 1. The molecule has 0 aliphatic carbocycles. The zero-order chi connectivity index (χ0) is 21.6. The van der Waals surface area contributed by atoms with Crippen LogP contribution >= 0.6 is 0 Å². The van der Waals surface area contributed by atoms with Crippen LogP contribution < -0.4 is 10.1 Å². The predicted molar refractivity (Wildman–Crippen MR) is 115 cm³/mol. The maximum atomic E-state index is 13.0. The molecule has 0 saturated carbocycles. The standard InChI is InChI=1S/C22H30N2O4S/c1-6-17-9-11-18(12-10-17)16(4)23-22(25)19-13-14-20(28-5)21(15-19)29(26,27)24(7-2)8-3/h9-16H,6-8H2,1-5H3,(H,23,25)/t16-/m0/s1. The Bertz CT molecular complexity index is 936. The Kier molecular flexibility index (Phi) is 7.81. The van der Waals surface area contributed by atoms with Crippen LogP contribution in [-0.2, 0) is 16.4 Å². The van der Waals surface area contributed by atoms with E-state index in [-0.39, 0.29) is 28.2 Å². The third-order valence-electron chi connectivity index (χ3n) is 4.98. The number of hydrogen-bond acceptors (Lipinski definition) is 4. The number of carbonyl (C=O) groups is 1. The van der Waals surface area contributed by atoms with Gasteiger partial charge in [-0.2, -0.15) is 4.31 Å². The summed E-state index contributed by atoms with van der Waals surface area (Å²) in [4.78, 5) is 12.8. The normalized spacial score (nSPS) is 12.6. The van der Waals surface area contributed by atoms with Crippen molar-refractivity contribution >= 4 is 15.9 Å². The summed E-state index contributed by atoms with van der Waals surface area (Å²) < 4.78 is 32.5.